The second-order valence-electron chi connectivity index (χ2n) is 3.50. The van der Waals surface area contributed by atoms with Crippen molar-refractivity contribution in [2.45, 2.75) is 20.4 Å². The van der Waals surface area contributed by atoms with Gasteiger partial charge in [-0.15, -0.1) is 0 Å². The van der Waals surface area contributed by atoms with E-state index in [9.17, 15) is 9.59 Å². The van der Waals surface area contributed by atoms with Crippen molar-refractivity contribution in [3.8, 4) is 0 Å². The summed E-state index contributed by atoms with van der Waals surface area (Å²) in [4.78, 5) is 21.8. The van der Waals surface area contributed by atoms with Crippen molar-refractivity contribution in [1.29, 1.82) is 0 Å². The largest absolute Gasteiger partial charge is 0.478 e. The Morgan fingerprint density at radius 2 is 2.27 bits per heavy atom. The summed E-state index contributed by atoms with van der Waals surface area (Å²) in [5.74, 6) is -0.993. The molecule has 0 unspecified atom stereocenters. The smallest absolute Gasteiger partial charge is 0.328 e. The highest BCUT2D eigenvalue weighted by Gasteiger charge is 1.98. The van der Waals surface area contributed by atoms with Gasteiger partial charge < -0.3 is 9.67 Å². The quantitative estimate of drug-likeness (QED) is 0.757. The van der Waals surface area contributed by atoms with Gasteiger partial charge in [0.15, 0.2) is 0 Å². The van der Waals surface area contributed by atoms with Gasteiger partial charge in [-0.1, -0.05) is 0 Å². The second kappa shape index (κ2) is 4.59. The van der Waals surface area contributed by atoms with Gasteiger partial charge in [0.2, 0.25) is 0 Å². The summed E-state index contributed by atoms with van der Waals surface area (Å²) < 4.78 is 1.47. The molecule has 0 fully saturated rings. The Morgan fingerprint density at radius 3 is 2.80 bits per heavy atom. The van der Waals surface area contributed by atoms with Crippen LogP contribution in [0.5, 0.6) is 0 Å². The van der Waals surface area contributed by atoms with E-state index in [-0.39, 0.29) is 5.56 Å². The Kier molecular flexibility index (Phi) is 3.44. The minimum Gasteiger partial charge on any atom is -0.478 e. The van der Waals surface area contributed by atoms with Crippen LogP contribution in [0.1, 0.15) is 12.5 Å². The Hall–Kier alpha value is -1.84. The van der Waals surface area contributed by atoms with Gasteiger partial charge >= 0.3 is 5.97 Å². The van der Waals surface area contributed by atoms with Crippen molar-refractivity contribution >= 4 is 5.97 Å². The molecule has 15 heavy (non-hydrogen) atoms. The highest BCUT2D eigenvalue weighted by atomic mass is 16.4. The SMILES string of the molecule is CC(=CC(=O)O)Cn1ccc(C)cc1=O. The van der Waals surface area contributed by atoms with Crippen LogP contribution < -0.4 is 5.56 Å². The number of carboxylic acid groups (broad SMARTS) is 1. The number of allylic oxidation sites excluding steroid dienone is 1. The number of aliphatic carboxylic acids is 1. The first-order valence-corrected chi connectivity index (χ1v) is 4.56. The summed E-state index contributed by atoms with van der Waals surface area (Å²) in [6.07, 6.45) is 2.77. The minimum absolute atomic E-state index is 0.117. The first kappa shape index (κ1) is 11.2. The van der Waals surface area contributed by atoms with Gasteiger partial charge in [-0.2, -0.15) is 0 Å². The van der Waals surface area contributed by atoms with Gasteiger partial charge in [-0.25, -0.2) is 4.79 Å². The molecule has 4 heteroatoms. The number of aryl methyl sites for hydroxylation is 1. The maximum absolute atomic E-state index is 11.4. The first-order valence-electron chi connectivity index (χ1n) is 4.56. The zero-order valence-electron chi connectivity index (χ0n) is 8.73. The average Bonchev–Trinajstić information content (AvgIpc) is 2.08. The van der Waals surface area contributed by atoms with Gasteiger partial charge in [0.05, 0.1) is 0 Å². The summed E-state index contributed by atoms with van der Waals surface area (Å²) in [6, 6.07) is 3.34. The fourth-order valence-corrected chi connectivity index (χ4v) is 1.26. The molecule has 1 aromatic heterocycles. The molecule has 0 aromatic carbocycles. The molecule has 1 aromatic rings. The van der Waals surface area contributed by atoms with Crippen molar-refractivity contribution in [3.63, 3.8) is 0 Å². The lowest BCUT2D eigenvalue weighted by Crippen LogP contribution is -2.19. The normalized spacial score (nSPS) is 11.5. The van der Waals surface area contributed by atoms with Crippen molar-refractivity contribution in [1.82, 2.24) is 4.57 Å². The van der Waals surface area contributed by atoms with E-state index in [2.05, 4.69) is 0 Å². The van der Waals surface area contributed by atoms with Gasteiger partial charge in [0.25, 0.3) is 5.56 Å². The van der Waals surface area contributed by atoms with E-state index in [4.69, 9.17) is 5.11 Å². The van der Waals surface area contributed by atoms with Gasteiger partial charge in [-0.05, 0) is 31.1 Å². The number of nitrogens with zero attached hydrogens (tertiary/aromatic N) is 1. The molecular formula is C11H13NO3. The fraction of sp³-hybridized carbons (Fsp3) is 0.273. The molecule has 0 aliphatic heterocycles. The van der Waals surface area contributed by atoms with Crippen LogP contribution in [0.3, 0.4) is 0 Å². The summed E-state index contributed by atoms with van der Waals surface area (Å²) in [7, 11) is 0. The molecule has 1 rings (SSSR count). The van der Waals surface area contributed by atoms with Crippen molar-refractivity contribution < 1.29 is 9.90 Å². The Balaban J connectivity index is 2.91. The van der Waals surface area contributed by atoms with Crippen LogP contribution in [0.15, 0.2) is 34.8 Å². The van der Waals surface area contributed by atoms with Crippen LogP contribution >= 0.6 is 0 Å². The van der Waals surface area contributed by atoms with Gasteiger partial charge in [0, 0.05) is 24.9 Å². The first-order chi connectivity index (χ1) is 6.99. The number of carboxylic acids is 1. The van der Waals surface area contributed by atoms with E-state index in [1.54, 1.807) is 13.1 Å². The van der Waals surface area contributed by atoms with E-state index >= 15 is 0 Å². The lowest BCUT2D eigenvalue weighted by atomic mass is 10.2. The molecule has 4 nitrogen and oxygen atoms in total. The van der Waals surface area contributed by atoms with Crippen LogP contribution in [0.25, 0.3) is 0 Å². The summed E-state index contributed by atoms with van der Waals surface area (Å²) in [5.41, 5.74) is 1.41. The van der Waals surface area contributed by atoms with Crippen LogP contribution in [-0.2, 0) is 11.3 Å². The van der Waals surface area contributed by atoms with E-state index in [0.717, 1.165) is 11.6 Å². The molecule has 0 atom stereocenters. The summed E-state index contributed by atoms with van der Waals surface area (Å²) in [5, 5.41) is 8.51. The number of pyridine rings is 1. The summed E-state index contributed by atoms with van der Waals surface area (Å²) in [6.45, 7) is 3.83. The van der Waals surface area contributed by atoms with E-state index in [0.29, 0.717) is 12.1 Å². The number of hydrogen-bond donors (Lipinski definition) is 1. The van der Waals surface area contributed by atoms with Crippen LogP contribution in [-0.4, -0.2) is 15.6 Å². The molecule has 0 spiro atoms. The zero-order valence-corrected chi connectivity index (χ0v) is 8.73. The third-order valence-electron chi connectivity index (χ3n) is 1.94. The van der Waals surface area contributed by atoms with Crippen LogP contribution in [0.4, 0.5) is 0 Å². The highest BCUT2D eigenvalue weighted by molar-refractivity contribution is 5.80. The minimum atomic E-state index is -0.993. The lowest BCUT2D eigenvalue weighted by molar-refractivity contribution is -0.131. The predicted octanol–water partition coefficient (Wildman–Crippen LogP) is 1.19. The van der Waals surface area contributed by atoms with E-state index in [1.165, 1.54) is 10.6 Å². The fourth-order valence-electron chi connectivity index (χ4n) is 1.26. The average molecular weight is 207 g/mol. The number of aromatic nitrogens is 1. The zero-order chi connectivity index (χ0) is 11.4. The number of hydrogen-bond acceptors (Lipinski definition) is 2. The van der Waals surface area contributed by atoms with Crippen molar-refractivity contribution in [2.24, 2.45) is 0 Å². The molecule has 0 amide bonds. The Morgan fingerprint density at radius 1 is 1.60 bits per heavy atom. The molecule has 80 valence electrons. The van der Waals surface area contributed by atoms with E-state index in [1.807, 2.05) is 13.0 Å². The second-order valence-corrected chi connectivity index (χ2v) is 3.50. The predicted molar refractivity (Wildman–Crippen MR) is 56.8 cm³/mol. The monoisotopic (exact) mass is 207 g/mol. The van der Waals surface area contributed by atoms with Gasteiger partial charge in [0.1, 0.15) is 0 Å². The van der Waals surface area contributed by atoms with Crippen molar-refractivity contribution in [2.75, 3.05) is 0 Å². The molecule has 0 aliphatic rings. The Labute approximate surface area is 87.5 Å². The maximum Gasteiger partial charge on any atom is 0.328 e. The molecule has 0 bridgehead atoms. The van der Waals surface area contributed by atoms with Crippen molar-refractivity contribution in [3.05, 3.63) is 45.9 Å². The molecule has 0 saturated heterocycles. The Bertz CT molecular complexity index is 457. The highest BCUT2D eigenvalue weighted by Crippen LogP contribution is 1.98. The van der Waals surface area contributed by atoms with E-state index < -0.39 is 5.97 Å². The third-order valence-corrected chi connectivity index (χ3v) is 1.94. The molecule has 0 aliphatic carbocycles. The molecular weight excluding hydrogens is 194 g/mol. The number of rotatable bonds is 3. The maximum atomic E-state index is 11.4. The number of carbonyl (C=O) groups is 1. The molecule has 1 heterocycles. The van der Waals surface area contributed by atoms with Crippen LogP contribution in [0, 0.1) is 6.92 Å². The van der Waals surface area contributed by atoms with Gasteiger partial charge in [-0.3, -0.25) is 4.79 Å². The topological polar surface area (TPSA) is 59.3 Å². The molecule has 0 saturated carbocycles. The van der Waals surface area contributed by atoms with Crippen LogP contribution in [0.2, 0.25) is 0 Å². The lowest BCUT2D eigenvalue weighted by Gasteiger charge is -2.05. The third kappa shape index (κ3) is 3.42. The summed E-state index contributed by atoms with van der Waals surface area (Å²) >= 11 is 0. The molecule has 1 N–H and O–H groups in total. The molecule has 0 radical (unpaired) electrons. The standard InChI is InChI=1S/C11H13NO3/c1-8-3-4-12(10(13)5-8)7-9(2)6-11(14)15/h3-6H,7H2,1-2H3,(H,14,15).